The average Bonchev–Trinajstić information content (AvgIpc) is 3.01. The fourth-order valence-corrected chi connectivity index (χ4v) is 3.30. The molecule has 1 aromatic rings. The van der Waals surface area contributed by atoms with Gasteiger partial charge in [0, 0.05) is 6.04 Å². The smallest absolute Gasteiger partial charge is 0.262 e. The highest BCUT2D eigenvalue weighted by molar-refractivity contribution is 6.02. The van der Waals surface area contributed by atoms with Crippen LogP contribution in [-0.2, 0) is 4.79 Å². The van der Waals surface area contributed by atoms with Crippen LogP contribution in [0.1, 0.15) is 43.7 Å². The van der Waals surface area contributed by atoms with E-state index >= 15 is 0 Å². The fourth-order valence-electron chi connectivity index (χ4n) is 3.30. The van der Waals surface area contributed by atoms with Gasteiger partial charge in [-0.05, 0) is 55.0 Å². The number of nitrogens with one attached hydrogen (secondary N) is 1. The Morgan fingerprint density at radius 2 is 2.00 bits per heavy atom. The minimum atomic E-state index is -0.298. The highest BCUT2D eigenvalue weighted by Crippen LogP contribution is 2.35. The molecule has 24 heavy (non-hydrogen) atoms. The summed E-state index contributed by atoms with van der Waals surface area (Å²) in [5.41, 5.74) is 1.85. The lowest BCUT2D eigenvalue weighted by atomic mass is 9.86. The number of nitriles is 1. The summed E-state index contributed by atoms with van der Waals surface area (Å²) < 4.78 is 10.7. The lowest BCUT2D eigenvalue weighted by Gasteiger charge is -2.29. The van der Waals surface area contributed by atoms with Crippen molar-refractivity contribution >= 4 is 12.0 Å². The van der Waals surface area contributed by atoms with Crippen molar-refractivity contribution in [2.24, 2.45) is 5.92 Å². The predicted octanol–water partition coefficient (Wildman–Crippen LogP) is 3.33. The predicted molar refractivity (Wildman–Crippen MR) is 90.5 cm³/mol. The number of carbonyl (C=O) groups excluding carboxylic acids is 1. The van der Waals surface area contributed by atoms with Gasteiger partial charge in [0.2, 0.25) is 6.79 Å². The van der Waals surface area contributed by atoms with Crippen molar-refractivity contribution in [2.45, 2.75) is 45.6 Å². The van der Waals surface area contributed by atoms with E-state index in [1.54, 1.807) is 6.08 Å². The molecule has 2 atom stereocenters. The number of amides is 1. The summed E-state index contributed by atoms with van der Waals surface area (Å²) >= 11 is 0. The summed E-state index contributed by atoms with van der Waals surface area (Å²) in [4.78, 5) is 12.5. The van der Waals surface area contributed by atoms with Gasteiger partial charge < -0.3 is 14.8 Å². The largest absolute Gasteiger partial charge is 0.454 e. The number of aryl methyl sites for hydroxylation is 1. The number of fused-ring (bicyclic) bond motifs is 1. The van der Waals surface area contributed by atoms with E-state index in [1.165, 1.54) is 6.42 Å². The Kier molecular flexibility index (Phi) is 4.75. The van der Waals surface area contributed by atoms with Gasteiger partial charge in [0.25, 0.3) is 5.91 Å². The van der Waals surface area contributed by atoms with E-state index in [2.05, 4.69) is 12.2 Å². The van der Waals surface area contributed by atoms with E-state index in [4.69, 9.17) is 9.47 Å². The van der Waals surface area contributed by atoms with Crippen molar-refractivity contribution in [2.75, 3.05) is 6.79 Å². The number of rotatable bonds is 3. The highest BCUT2D eigenvalue weighted by atomic mass is 16.7. The summed E-state index contributed by atoms with van der Waals surface area (Å²) in [6.07, 6.45) is 6.07. The minimum Gasteiger partial charge on any atom is -0.454 e. The molecule has 3 rings (SSSR count). The Labute approximate surface area is 142 Å². The van der Waals surface area contributed by atoms with Gasteiger partial charge in [0.05, 0.1) is 0 Å². The third-order valence-corrected chi connectivity index (χ3v) is 4.85. The molecule has 5 nitrogen and oxygen atoms in total. The highest BCUT2D eigenvalue weighted by Gasteiger charge is 2.24. The van der Waals surface area contributed by atoms with E-state index < -0.39 is 0 Å². The van der Waals surface area contributed by atoms with Crippen molar-refractivity contribution < 1.29 is 14.3 Å². The molecule has 1 aliphatic carbocycles. The second kappa shape index (κ2) is 6.96. The molecule has 1 N–H and O–H groups in total. The molecule has 1 aliphatic heterocycles. The van der Waals surface area contributed by atoms with Gasteiger partial charge in [-0.2, -0.15) is 5.26 Å². The van der Waals surface area contributed by atoms with Crippen molar-refractivity contribution in [1.29, 1.82) is 5.26 Å². The molecule has 1 amide bonds. The van der Waals surface area contributed by atoms with Crippen LogP contribution in [0.4, 0.5) is 0 Å². The van der Waals surface area contributed by atoms with Crippen molar-refractivity contribution in [3.05, 3.63) is 28.8 Å². The number of benzene rings is 1. The van der Waals surface area contributed by atoms with E-state index in [-0.39, 0.29) is 24.3 Å². The maximum Gasteiger partial charge on any atom is 0.262 e. The molecule has 1 fully saturated rings. The standard InChI is InChI=1S/C19H22N2O3/c1-12-5-3-4-6-16(12)21-19(22)15(10-20)8-14-9-18-17(7-13(14)2)23-11-24-18/h7-9,12,16H,3-6,11H2,1-2H3,(H,21,22)/b15-8+. The normalized spacial score (nSPS) is 22.8. The van der Waals surface area contributed by atoms with E-state index in [0.29, 0.717) is 17.4 Å². The van der Waals surface area contributed by atoms with Gasteiger partial charge in [-0.1, -0.05) is 19.8 Å². The maximum atomic E-state index is 12.5. The monoisotopic (exact) mass is 326 g/mol. The first-order valence-corrected chi connectivity index (χ1v) is 8.41. The quantitative estimate of drug-likeness (QED) is 0.683. The lowest BCUT2D eigenvalue weighted by molar-refractivity contribution is -0.118. The van der Waals surface area contributed by atoms with Crippen LogP contribution in [-0.4, -0.2) is 18.7 Å². The van der Waals surface area contributed by atoms with Gasteiger partial charge in [0.15, 0.2) is 11.5 Å². The summed E-state index contributed by atoms with van der Waals surface area (Å²) in [7, 11) is 0. The van der Waals surface area contributed by atoms with Crippen molar-refractivity contribution in [3.8, 4) is 17.6 Å². The van der Waals surface area contributed by atoms with E-state index in [9.17, 15) is 10.1 Å². The second-order valence-corrected chi connectivity index (χ2v) is 6.57. The average molecular weight is 326 g/mol. The molecule has 0 bridgehead atoms. The molecule has 5 heteroatoms. The van der Waals surface area contributed by atoms with Gasteiger partial charge in [-0.3, -0.25) is 4.79 Å². The summed E-state index contributed by atoms with van der Waals surface area (Å²) in [5, 5.41) is 12.4. The first-order chi connectivity index (χ1) is 11.6. The van der Waals surface area contributed by atoms with Crippen LogP contribution in [0, 0.1) is 24.2 Å². The Balaban J connectivity index is 1.79. The fraction of sp³-hybridized carbons (Fsp3) is 0.474. The van der Waals surface area contributed by atoms with Gasteiger partial charge >= 0.3 is 0 Å². The van der Waals surface area contributed by atoms with Crippen LogP contribution in [0.25, 0.3) is 6.08 Å². The number of hydrogen-bond acceptors (Lipinski definition) is 4. The molecule has 2 unspecified atom stereocenters. The summed E-state index contributed by atoms with van der Waals surface area (Å²) in [5.74, 6) is 1.50. The van der Waals surface area contributed by atoms with Crippen LogP contribution in [0.3, 0.4) is 0 Å². The minimum absolute atomic E-state index is 0.120. The first kappa shape index (κ1) is 16.4. The number of hydrogen-bond donors (Lipinski definition) is 1. The molecule has 1 heterocycles. The van der Waals surface area contributed by atoms with E-state index in [1.807, 2.05) is 25.1 Å². The molecule has 1 saturated carbocycles. The molecule has 1 aromatic carbocycles. The molecular formula is C19H22N2O3. The van der Waals surface area contributed by atoms with Crippen LogP contribution < -0.4 is 14.8 Å². The molecule has 0 aromatic heterocycles. The summed E-state index contributed by atoms with van der Waals surface area (Å²) in [6, 6.07) is 5.86. The SMILES string of the molecule is Cc1cc2c(cc1/C=C(\C#N)C(=O)NC1CCCCC1C)OCO2. The number of carbonyl (C=O) groups is 1. The van der Waals surface area contributed by atoms with Gasteiger partial charge in [-0.15, -0.1) is 0 Å². The van der Waals surface area contributed by atoms with Crippen LogP contribution >= 0.6 is 0 Å². The van der Waals surface area contributed by atoms with Crippen molar-refractivity contribution in [1.82, 2.24) is 5.32 Å². The molecule has 0 saturated heterocycles. The number of ether oxygens (including phenoxy) is 2. The Hall–Kier alpha value is -2.48. The second-order valence-electron chi connectivity index (χ2n) is 6.57. The molecule has 126 valence electrons. The Morgan fingerprint density at radius 1 is 1.29 bits per heavy atom. The van der Waals surface area contributed by atoms with Crippen LogP contribution in [0.15, 0.2) is 17.7 Å². The topological polar surface area (TPSA) is 71.4 Å². The zero-order valence-corrected chi connectivity index (χ0v) is 14.1. The number of nitrogens with zero attached hydrogens (tertiary/aromatic N) is 1. The first-order valence-electron chi connectivity index (χ1n) is 8.41. The molecule has 2 aliphatic rings. The maximum absolute atomic E-state index is 12.5. The van der Waals surface area contributed by atoms with Crippen LogP contribution in [0.2, 0.25) is 0 Å². The zero-order valence-electron chi connectivity index (χ0n) is 14.1. The van der Waals surface area contributed by atoms with E-state index in [0.717, 1.165) is 30.4 Å². The molecule has 0 radical (unpaired) electrons. The van der Waals surface area contributed by atoms with Crippen molar-refractivity contribution in [3.63, 3.8) is 0 Å². The molecule has 0 spiro atoms. The third-order valence-electron chi connectivity index (χ3n) is 4.85. The third kappa shape index (κ3) is 3.38. The summed E-state index contributed by atoms with van der Waals surface area (Å²) in [6.45, 7) is 4.28. The Bertz CT molecular complexity index is 718. The van der Waals surface area contributed by atoms with Gasteiger partial charge in [-0.25, -0.2) is 0 Å². The van der Waals surface area contributed by atoms with Crippen LogP contribution in [0.5, 0.6) is 11.5 Å². The Morgan fingerprint density at radius 3 is 2.71 bits per heavy atom. The molecular weight excluding hydrogens is 304 g/mol. The lowest BCUT2D eigenvalue weighted by Crippen LogP contribution is -2.41. The zero-order chi connectivity index (χ0) is 17.1. The van der Waals surface area contributed by atoms with Gasteiger partial charge in [0.1, 0.15) is 11.6 Å².